The highest BCUT2D eigenvalue weighted by molar-refractivity contribution is 6.31. The first-order valence-corrected chi connectivity index (χ1v) is 7.21. The largest absolute Gasteiger partial charge is 0.394 e. The molecule has 0 radical (unpaired) electrons. The highest BCUT2D eigenvalue weighted by atomic mass is 35.5. The second kappa shape index (κ2) is 5.97. The van der Waals surface area contributed by atoms with Crippen LogP contribution in [0.25, 0.3) is 0 Å². The molecule has 2 rings (SSSR count). The summed E-state index contributed by atoms with van der Waals surface area (Å²) in [5.74, 6) is -0.0284. The molecule has 1 fully saturated rings. The first kappa shape index (κ1) is 14.4. The summed E-state index contributed by atoms with van der Waals surface area (Å²) in [7, 11) is 0. The molecule has 106 valence electrons. The average Bonchev–Trinajstić information content (AvgIpc) is 2.80. The lowest BCUT2D eigenvalue weighted by molar-refractivity contribution is 0.0491. The number of likely N-dealkylation sites (tertiary alicyclic amines) is 1. The van der Waals surface area contributed by atoms with Crippen LogP contribution in [0.2, 0.25) is 5.02 Å². The SMILES string of the molecule is CC(C)n1cc(Cl)cc1C(=O)N1CCCCC1CO. The van der Waals surface area contributed by atoms with Crippen LogP contribution >= 0.6 is 11.6 Å². The van der Waals surface area contributed by atoms with Crippen molar-refractivity contribution in [2.45, 2.75) is 45.2 Å². The molecule has 0 spiro atoms. The lowest BCUT2D eigenvalue weighted by atomic mass is 10.0. The molecule has 1 aromatic heterocycles. The molecule has 19 heavy (non-hydrogen) atoms. The number of rotatable bonds is 3. The normalized spacial score (nSPS) is 20.1. The topological polar surface area (TPSA) is 45.5 Å². The standard InChI is InChI=1S/C14H21ClN2O2/c1-10(2)17-8-11(15)7-13(17)14(19)16-6-4-3-5-12(16)9-18/h7-8,10,12,18H,3-6,9H2,1-2H3. The average molecular weight is 285 g/mol. The van der Waals surface area contributed by atoms with E-state index in [0.29, 0.717) is 17.3 Å². The molecule has 5 heteroatoms. The summed E-state index contributed by atoms with van der Waals surface area (Å²) in [6.45, 7) is 4.78. The molecule has 0 saturated carbocycles. The third kappa shape index (κ3) is 2.95. The fraction of sp³-hybridized carbons (Fsp3) is 0.643. The van der Waals surface area contributed by atoms with Gasteiger partial charge in [-0.25, -0.2) is 0 Å². The maximum absolute atomic E-state index is 12.6. The monoisotopic (exact) mass is 284 g/mol. The molecule has 1 N–H and O–H groups in total. The summed E-state index contributed by atoms with van der Waals surface area (Å²) < 4.78 is 1.90. The highest BCUT2D eigenvalue weighted by Crippen LogP contribution is 2.24. The number of halogens is 1. The van der Waals surface area contributed by atoms with Crippen molar-refractivity contribution in [1.29, 1.82) is 0 Å². The third-order valence-corrected chi connectivity index (χ3v) is 3.90. The maximum Gasteiger partial charge on any atom is 0.270 e. The molecule has 4 nitrogen and oxygen atoms in total. The Morgan fingerprint density at radius 3 is 2.89 bits per heavy atom. The smallest absolute Gasteiger partial charge is 0.270 e. The maximum atomic E-state index is 12.6. The molecule has 0 aromatic carbocycles. The van der Waals surface area contributed by atoms with Crippen molar-refractivity contribution in [2.75, 3.05) is 13.2 Å². The minimum Gasteiger partial charge on any atom is -0.394 e. The Labute approximate surface area is 119 Å². The number of aliphatic hydroxyl groups excluding tert-OH is 1. The number of nitrogens with zero attached hydrogens (tertiary/aromatic N) is 2. The predicted octanol–water partition coefficient (Wildman–Crippen LogP) is 2.71. The van der Waals surface area contributed by atoms with E-state index in [4.69, 9.17) is 11.6 Å². The van der Waals surface area contributed by atoms with Crippen molar-refractivity contribution in [1.82, 2.24) is 9.47 Å². The fourth-order valence-electron chi connectivity index (χ4n) is 2.65. The van der Waals surface area contributed by atoms with Gasteiger partial charge in [-0.05, 0) is 39.2 Å². The molecule has 1 saturated heterocycles. The van der Waals surface area contributed by atoms with E-state index >= 15 is 0 Å². The van der Waals surface area contributed by atoms with E-state index in [1.165, 1.54) is 0 Å². The predicted molar refractivity (Wildman–Crippen MR) is 75.6 cm³/mol. The van der Waals surface area contributed by atoms with Crippen LogP contribution in [0, 0.1) is 0 Å². The van der Waals surface area contributed by atoms with Crippen LogP contribution in [0.5, 0.6) is 0 Å². The number of amides is 1. The molecule has 0 aliphatic carbocycles. The minimum absolute atomic E-state index is 0.0284. The van der Waals surface area contributed by atoms with Crippen molar-refractivity contribution in [3.63, 3.8) is 0 Å². The van der Waals surface area contributed by atoms with E-state index in [-0.39, 0.29) is 24.6 Å². The van der Waals surface area contributed by atoms with Crippen molar-refractivity contribution in [3.8, 4) is 0 Å². The van der Waals surface area contributed by atoms with Crippen molar-refractivity contribution < 1.29 is 9.90 Å². The summed E-state index contributed by atoms with van der Waals surface area (Å²) >= 11 is 6.02. The van der Waals surface area contributed by atoms with Crippen LogP contribution in [-0.4, -0.2) is 39.7 Å². The van der Waals surface area contributed by atoms with Gasteiger partial charge in [-0.15, -0.1) is 0 Å². The Morgan fingerprint density at radius 2 is 2.26 bits per heavy atom. The van der Waals surface area contributed by atoms with E-state index in [1.807, 2.05) is 18.4 Å². The number of carbonyl (C=O) groups excluding carboxylic acids is 1. The zero-order chi connectivity index (χ0) is 14.0. The van der Waals surface area contributed by atoms with Crippen molar-refractivity contribution in [3.05, 3.63) is 23.0 Å². The molecule has 2 heterocycles. The Kier molecular flexibility index (Phi) is 4.53. The lowest BCUT2D eigenvalue weighted by Gasteiger charge is -2.35. The molecule has 1 aliphatic rings. The van der Waals surface area contributed by atoms with Gasteiger partial charge >= 0.3 is 0 Å². The van der Waals surface area contributed by atoms with Crippen LogP contribution < -0.4 is 0 Å². The summed E-state index contributed by atoms with van der Waals surface area (Å²) in [6.07, 6.45) is 4.73. The number of carbonyl (C=O) groups is 1. The zero-order valence-corrected chi connectivity index (χ0v) is 12.2. The van der Waals surface area contributed by atoms with Gasteiger partial charge in [0.2, 0.25) is 0 Å². The molecule has 1 atom stereocenters. The van der Waals surface area contributed by atoms with Gasteiger partial charge in [0.05, 0.1) is 17.7 Å². The summed E-state index contributed by atoms with van der Waals surface area (Å²) in [4.78, 5) is 14.4. The quantitative estimate of drug-likeness (QED) is 0.928. The number of aliphatic hydroxyl groups is 1. The van der Waals surface area contributed by atoms with Crippen molar-refractivity contribution in [2.24, 2.45) is 0 Å². The van der Waals surface area contributed by atoms with Crippen LogP contribution in [0.15, 0.2) is 12.3 Å². The second-order valence-electron chi connectivity index (χ2n) is 5.38. The van der Waals surface area contributed by atoms with Gasteiger partial charge in [0.15, 0.2) is 0 Å². The molecule has 1 amide bonds. The number of aromatic nitrogens is 1. The second-order valence-corrected chi connectivity index (χ2v) is 5.81. The molecule has 1 aliphatic heterocycles. The number of hydrogen-bond donors (Lipinski definition) is 1. The Balaban J connectivity index is 2.27. The van der Waals surface area contributed by atoms with Gasteiger partial charge < -0.3 is 14.6 Å². The van der Waals surface area contributed by atoms with Crippen LogP contribution in [0.3, 0.4) is 0 Å². The summed E-state index contributed by atoms with van der Waals surface area (Å²) in [5.41, 5.74) is 0.611. The van der Waals surface area contributed by atoms with Gasteiger partial charge in [0, 0.05) is 18.8 Å². The van der Waals surface area contributed by atoms with Gasteiger partial charge in [-0.3, -0.25) is 4.79 Å². The van der Waals surface area contributed by atoms with E-state index < -0.39 is 0 Å². The number of piperidine rings is 1. The van der Waals surface area contributed by atoms with Gasteiger partial charge in [0.1, 0.15) is 5.69 Å². The minimum atomic E-state index is -0.0597. The van der Waals surface area contributed by atoms with Crippen LogP contribution in [-0.2, 0) is 0 Å². The van der Waals surface area contributed by atoms with Crippen molar-refractivity contribution >= 4 is 17.5 Å². The van der Waals surface area contributed by atoms with Gasteiger partial charge in [0.25, 0.3) is 5.91 Å². The van der Waals surface area contributed by atoms with E-state index in [9.17, 15) is 9.90 Å². The first-order chi connectivity index (χ1) is 9.04. The summed E-state index contributed by atoms with van der Waals surface area (Å²) in [5, 5.41) is 9.99. The number of hydrogen-bond acceptors (Lipinski definition) is 2. The molecular weight excluding hydrogens is 264 g/mol. The molecule has 0 bridgehead atoms. The fourth-order valence-corrected chi connectivity index (χ4v) is 2.86. The highest BCUT2D eigenvalue weighted by Gasteiger charge is 2.29. The van der Waals surface area contributed by atoms with Gasteiger partial charge in [-0.2, -0.15) is 0 Å². The first-order valence-electron chi connectivity index (χ1n) is 6.83. The Bertz CT molecular complexity index is 456. The van der Waals surface area contributed by atoms with E-state index in [1.54, 1.807) is 17.2 Å². The summed E-state index contributed by atoms with van der Waals surface area (Å²) in [6, 6.07) is 1.84. The molecular formula is C14H21ClN2O2. The molecule has 1 unspecified atom stereocenters. The zero-order valence-electron chi connectivity index (χ0n) is 11.5. The van der Waals surface area contributed by atoms with Crippen LogP contribution in [0.1, 0.15) is 49.6 Å². The Morgan fingerprint density at radius 1 is 1.53 bits per heavy atom. The molecule has 1 aromatic rings. The Hall–Kier alpha value is -1.00. The van der Waals surface area contributed by atoms with E-state index in [0.717, 1.165) is 19.3 Å². The van der Waals surface area contributed by atoms with Gasteiger partial charge in [-0.1, -0.05) is 11.6 Å². The van der Waals surface area contributed by atoms with E-state index in [2.05, 4.69) is 0 Å². The van der Waals surface area contributed by atoms with Crippen LogP contribution in [0.4, 0.5) is 0 Å². The lowest BCUT2D eigenvalue weighted by Crippen LogP contribution is -2.46. The third-order valence-electron chi connectivity index (χ3n) is 3.69.